The highest BCUT2D eigenvalue weighted by Gasteiger charge is 2.42. The average Bonchev–Trinajstić information content (AvgIpc) is 3.42. The van der Waals surface area contributed by atoms with Gasteiger partial charge in [-0.25, -0.2) is 4.39 Å². The predicted octanol–water partition coefficient (Wildman–Crippen LogP) is 2.82. The Morgan fingerprint density at radius 1 is 1.16 bits per heavy atom. The Morgan fingerprint density at radius 2 is 1.94 bits per heavy atom. The van der Waals surface area contributed by atoms with Gasteiger partial charge in [-0.3, -0.25) is 19.0 Å². The van der Waals surface area contributed by atoms with E-state index in [9.17, 15) is 18.8 Å². The molecule has 32 heavy (non-hydrogen) atoms. The minimum Gasteiger partial charge on any atom is -0.352 e. The quantitative estimate of drug-likeness (QED) is 0.751. The van der Waals surface area contributed by atoms with Crippen LogP contribution in [0.15, 0.2) is 47.4 Å². The van der Waals surface area contributed by atoms with E-state index in [1.807, 2.05) is 4.90 Å². The van der Waals surface area contributed by atoms with Gasteiger partial charge in [0.2, 0.25) is 5.91 Å². The second-order valence-corrected chi connectivity index (χ2v) is 8.92. The number of pyridine rings is 1. The molecule has 166 valence electrons. The van der Waals surface area contributed by atoms with E-state index in [0.29, 0.717) is 49.1 Å². The third kappa shape index (κ3) is 3.45. The molecule has 0 unspecified atom stereocenters. The fourth-order valence-electron chi connectivity index (χ4n) is 5.42. The highest BCUT2D eigenvalue weighted by Crippen LogP contribution is 2.44. The molecule has 2 bridgehead atoms. The number of amides is 2. The zero-order valence-electron chi connectivity index (χ0n) is 18.0. The monoisotopic (exact) mass is 435 g/mol. The van der Waals surface area contributed by atoms with Crippen LogP contribution in [0, 0.1) is 23.6 Å². The van der Waals surface area contributed by atoms with Crippen molar-refractivity contribution in [3.05, 3.63) is 75.5 Å². The molecule has 2 amide bonds. The minimum atomic E-state index is -0.431. The topological polar surface area (TPSA) is 71.4 Å². The largest absolute Gasteiger partial charge is 0.352 e. The van der Waals surface area contributed by atoms with Crippen molar-refractivity contribution in [2.45, 2.75) is 32.7 Å². The van der Waals surface area contributed by atoms with Gasteiger partial charge in [0.15, 0.2) is 0 Å². The standard InChI is InChI=1S/C25H26FN3O3/c1-2-27-23(30)22-20-9-10-28(24(31)21-12-15-3-4-16(21)11-15)13-17(20)14-29(25(22)32)19-7-5-18(26)6-8-19/h3-8,14-16,21H,2,9-13H2,1H3,(H,27,30)/t15-,16+,21-/m1/s1. The molecular weight excluding hydrogens is 409 g/mol. The van der Waals surface area contributed by atoms with Gasteiger partial charge in [-0.1, -0.05) is 12.2 Å². The summed E-state index contributed by atoms with van der Waals surface area (Å²) in [6, 6.07) is 5.59. The molecule has 5 rings (SSSR count). The van der Waals surface area contributed by atoms with Crippen LogP contribution in [0.3, 0.4) is 0 Å². The molecule has 3 aliphatic rings. The number of nitrogens with zero attached hydrogens (tertiary/aromatic N) is 2. The van der Waals surface area contributed by atoms with Gasteiger partial charge in [0.05, 0.1) is 0 Å². The smallest absolute Gasteiger partial charge is 0.268 e. The molecule has 2 aliphatic carbocycles. The Balaban J connectivity index is 1.53. The Kier molecular flexibility index (Phi) is 5.19. The summed E-state index contributed by atoms with van der Waals surface area (Å²) in [6.45, 7) is 3.06. The lowest BCUT2D eigenvalue weighted by atomic mass is 9.90. The second-order valence-electron chi connectivity index (χ2n) is 8.92. The van der Waals surface area contributed by atoms with E-state index in [0.717, 1.165) is 18.4 Å². The van der Waals surface area contributed by atoms with Crippen LogP contribution in [-0.4, -0.2) is 34.4 Å². The summed E-state index contributed by atoms with van der Waals surface area (Å²) in [4.78, 5) is 41.2. The van der Waals surface area contributed by atoms with Gasteiger partial charge in [0.1, 0.15) is 11.4 Å². The number of carbonyl (C=O) groups is 2. The van der Waals surface area contributed by atoms with Gasteiger partial charge in [-0.05, 0) is 73.4 Å². The summed E-state index contributed by atoms with van der Waals surface area (Å²) in [5.74, 6) is 0.208. The maximum absolute atomic E-state index is 13.4. The fraction of sp³-hybridized carbons (Fsp3) is 0.400. The highest BCUT2D eigenvalue weighted by molar-refractivity contribution is 5.96. The van der Waals surface area contributed by atoms with Gasteiger partial charge in [-0.2, -0.15) is 0 Å². The lowest BCUT2D eigenvalue weighted by Crippen LogP contribution is -2.43. The molecule has 0 saturated heterocycles. The third-order valence-corrected chi connectivity index (χ3v) is 6.98. The van der Waals surface area contributed by atoms with Gasteiger partial charge in [0.25, 0.3) is 11.5 Å². The van der Waals surface area contributed by atoms with Gasteiger partial charge in [-0.15, -0.1) is 0 Å². The summed E-state index contributed by atoms with van der Waals surface area (Å²) in [6.07, 6.45) is 8.53. The van der Waals surface area contributed by atoms with Crippen LogP contribution in [0.2, 0.25) is 0 Å². The molecule has 6 nitrogen and oxygen atoms in total. The molecule has 1 saturated carbocycles. The molecule has 1 aromatic carbocycles. The van der Waals surface area contributed by atoms with Crippen molar-refractivity contribution in [3.8, 4) is 5.69 Å². The third-order valence-electron chi connectivity index (χ3n) is 6.98. The number of fused-ring (bicyclic) bond motifs is 3. The number of hydrogen-bond donors (Lipinski definition) is 1. The van der Waals surface area contributed by atoms with Crippen molar-refractivity contribution >= 4 is 11.8 Å². The number of allylic oxidation sites excluding steroid dienone is 2. The molecule has 1 N–H and O–H groups in total. The number of benzene rings is 1. The van der Waals surface area contributed by atoms with E-state index in [1.165, 1.54) is 28.8 Å². The summed E-state index contributed by atoms with van der Waals surface area (Å²) in [5, 5.41) is 2.74. The van der Waals surface area contributed by atoms with E-state index in [2.05, 4.69) is 17.5 Å². The first kappa shape index (κ1) is 20.7. The highest BCUT2D eigenvalue weighted by atomic mass is 19.1. The van der Waals surface area contributed by atoms with Crippen LogP contribution in [0.4, 0.5) is 4.39 Å². The normalized spacial score (nSPS) is 23.3. The summed E-state index contributed by atoms with van der Waals surface area (Å²) < 4.78 is 14.8. The molecular formula is C25H26FN3O3. The average molecular weight is 435 g/mol. The van der Waals surface area contributed by atoms with Crippen LogP contribution >= 0.6 is 0 Å². The minimum absolute atomic E-state index is 0.0254. The van der Waals surface area contributed by atoms with E-state index in [1.54, 1.807) is 13.1 Å². The first-order valence-corrected chi connectivity index (χ1v) is 11.2. The van der Waals surface area contributed by atoms with Gasteiger partial charge >= 0.3 is 0 Å². The first-order valence-electron chi connectivity index (χ1n) is 11.2. The van der Waals surface area contributed by atoms with Crippen LogP contribution < -0.4 is 10.9 Å². The summed E-state index contributed by atoms with van der Waals surface area (Å²) in [5.41, 5.74) is 1.65. The van der Waals surface area contributed by atoms with Crippen LogP contribution in [-0.2, 0) is 17.8 Å². The van der Waals surface area contributed by atoms with Crippen LogP contribution in [0.25, 0.3) is 5.69 Å². The molecule has 3 atom stereocenters. The van der Waals surface area contributed by atoms with Crippen molar-refractivity contribution in [3.63, 3.8) is 0 Å². The Hall–Kier alpha value is -3.22. The zero-order valence-corrected chi connectivity index (χ0v) is 18.0. The van der Waals surface area contributed by atoms with E-state index < -0.39 is 17.3 Å². The molecule has 1 aliphatic heterocycles. The Bertz CT molecular complexity index is 1170. The van der Waals surface area contributed by atoms with Crippen molar-refractivity contribution in [2.24, 2.45) is 17.8 Å². The molecule has 0 radical (unpaired) electrons. The molecule has 2 heterocycles. The predicted molar refractivity (Wildman–Crippen MR) is 118 cm³/mol. The van der Waals surface area contributed by atoms with E-state index in [4.69, 9.17) is 0 Å². The van der Waals surface area contributed by atoms with Gasteiger partial charge in [0, 0.05) is 37.4 Å². The lowest BCUT2D eigenvalue weighted by Gasteiger charge is -2.33. The number of nitrogens with one attached hydrogen (secondary N) is 1. The van der Waals surface area contributed by atoms with Crippen molar-refractivity contribution in [1.29, 1.82) is 0 Å². The first-order chi connectivity index (χ1) is 15.5. The van der Waals surface area contributed by atoms with Crippen molar-refractivity contribution < 1.29 is 14.0 Å². The van der Waals surface area contributed by atoms with Crippen molar-refractivity contribution in [2.75, 3.05) is 13.1 Å². The lowest BCUT2D eigenvalue weighted by molar-refractivity contribution is -0.137. The number of carbonyl (C=O) groups excluding carboxylic acids is 2. The number of aromatic nitrogens is 1. The fourth-order valence-corrected chi connectivity index (χ4v) is 5.42. The SMILES string of the molecule is CCNC(=O)c1c2c(cn(-c3ccc(F)cc3)c1=O)CN(C(=O)[C@@H]1C[C@@H]3C=C[C@H]1C3)CC2. The number of hydrogen-bond acceptors (Lipinski definition) is 3. The van der Waals surface area contributed by atoms with Crippen molar-refractivity contribution in [1.82, 2.24) is 14.8 Å². The van der Waals surface area contributed by atoms with Crippen LogP contribution in [0.5, 0.6) is 0 Å². The molecule has 1 aromatic heterocycles. The molecule has 2 aromatic rings. The maximum atomic E-state index is 13.4. The molecule has 0 spiro atoms. The van der Waals surface area contributed by atoms with Gasteiger partial charge < -0.3 is 10.2 Å². The Morgan fingerprint density at radius 3 is 2.59 bits per heavy atom. The maximum Gasteiger partial charge on any atom is 0.268 e. The molecule has 7 heteroatoms. The van der Waals surface area contributed by atoms with Crippen LogP contribution in [0.1, 0.15) is 41.3 Å². The number of rotatable bonds is 4. The summed E-state index contributed by atoms with van der Waals surface area (Å²) >= 11 is 0. The van der Waals surface area contributed by atoms with E-state index in [-0.39, 0.29) is 17.4 Å². The van der Waals surface area contributed by atoms with E-state index >= 15 is 0 Å². The second kappa shape index (κ2) is 8.04. The Labute approximate surface area is 185 Å². The zero-order chi connectivity index (χ0) is 22.4. The number of halogens is 1. The molecule has 1 fully saturated rings. The summed E-state index contributed by atoms with van der Waals surface area (Å²) in [7, 11) is 0.